The molecule has 25 heavy (non-hydrogen) atoms. The van der Waals surface area contributed by atoms with Crippen molar-refractivity contribution in [2.24, 2.45) is 0 Å². The Bertz CT molecular complexity index is 831. The van der Waals surface area contributed by atoms with Gasteiger partial charge in [0.25, 0.3) is 0 Å². The maximum atomic E-state index is 12.2. The molecule has 7 heteroatoms. The summed E-state index contributed by atoms with van der Waals surface area (Å²) in [4.78, 5) is 16.1. The van der Waals surface area contributed by atoms with E-state index in [2.05, 4.69) is 20.7 Å². The number of hydrogen-bond acceptors (Lipinski definition) is 4. The van der Waals surface area contributed by atoms with Gasteiger partial charge in [-0.25, -0.2) is 14.5 Å². The number of benzene rings is 2. The molecule has 3 aromatic rings. The number of aromatic nitrogens is 3. The molecule has 0 bridgehead atoms. The fourth-order valence-electron chi connectivity index (χ4n) is 2.44. The van der Waals surface area contributed by atoms with Crippen molar-refractivity contribution in [3.05, 3.63) is 66.7 Å². The summed E-state index contributed by atoms with van der Waals surface area (Å²) in [6, 6.07) is 14.6. The van der Waals surface area contributed by atoms with Crippen molar-refractivity contribution in [3.63, 3.8) is 0 Å². The Labute approximate surface area is 145 Å². The van der Waals surface area contributed by atoms with Gasteiger partial charge < -0.3 is 15.4 Å². The van der Waals surface area contributed by atoms with Gasteiger partial charge in [-0.1, -0.05) is 24.3 Å². The molecule has 1 heterocycles. The third kappa shape index (κ3) is 3.95. The molecule has 0 aliphatic rings. The Hall–Kier alpha value is -3.35. The number of methoxy groups -OCH3 is 1. The number of nitrogens with zero attached hydrogens (tertiary/aromatic N) is 3. The molecule has 7 nitrogen and oxygen atoms in total. The third-order valence-electron chi connectivity index (χ3n) is 3.78. The Morgan fingerprint density at radius 3 is 2.60 bits per heavy atom. The molecule has 0 aliphatic carbocycles. The van der Waals surface area contributed by atoms with Crippen molar-refractivity contribution in [2.45, 2.75) is 13.0 Å². The lowest BCUT2D eigenvalue weighted by molar-refractivity contribution is 0.249. The van der Waals surface area contributed by atoms with Gasteiger partial charge in [-0.3, -0.25) is 0 Å². The van der Waals surface area contributed by atoms with Crippen LogP contribution < -0.4 is 15.4 Å². The quantitative estimate of drug-likeness (QED) is 0.749. The van der Waals surface area contributed by atoms with Crippen LogP contribution in [0.25, 0.3) is 5.69 Å². The first-order valence-corrected chi connectivity index (χ1v) is 7.83. The molecule has 0 radical (unpaired) electrons. The number of rotatable bonds is 5. The first-order valence-electron chi connectivity index (χ1n) is 7.83. The first kappa shape index (κ1) is 16.5. The number of hydrogen-bond donors (Lipinski definition) is 2. The molecule has 0 fully saturated rings. The summed E-state index contributed by atoms with van der Waals surface area (Å²) in [6.45, 7) is 1.92. The van der Waals surface area contributed by atoms with Gasteiger partial charge in [0.15, 0.2) is 0 Å². The highest BCUT2D eigenvalue weighted by atomic mass is 16.5. The Morgan fingerprint density at radius 1 is 1.16 bits per heavy atom. The number of para-hydroxylation sites is 2. The van der Waals surface area contributed by atoms with E-state index < -0.39 is 0 Å². The van der Waals surface area contributed by atoms with Crippen molar-refractivity contribution >= 4 is 11.7 Å². The fraction of sp³-hybridized carbons (Fsp3) is 0.167. The van der Waals surface area contributed by atoms with Crippen LogP contribution in [0, 0.1) is 0 Å². The molecule has 0 unspecified atom stereocenters. The van der Waals surface area contributed by atoms with Gasteiger partial charge in [-0.2, -0.15) is 5.10 Å². The predicted molar refractivity (Wildman–Crippen MR) is 94.9 cm³/mol. The van der Waals surface area contributed by atoms with Crippen LogP contribution in [-0.4, -0.2) is 27.9 Å². The van der Waals surface area contributed by atoms with Crippen molar-refractivity contribution < 1.29 is 9.53 Å². The average molecular weight is 337 g/mol. The van der Waals surface area contributed by atoms with Crippen LogP contribution in [0.1, 0.15) is 18.5 Å². The summed E-state index contributed by atoms with van der Waals surface area (Å²) in [5.41, 5.74) is 2.52. The van der Waals surface area contributed by atoms with E-state index in [9.17, 15) is 4.79 Å². The lowest BCUT2D eigenvalue weighted by Gasteiger charge is -2.16. The summed E-state index contributed by atoms with van der Waals surface area (Å²) in [5, 5.41) is 9.79. The molecular weight excluding hydrogens is 318 g/mol. The van der Waals surface area contributed by atoms with Crippen molar-refractivity contribution in [2.75, 3.05) is 12.4 Å². The Balaban J connectivity index is 1.63. The van der Waals surface area contributed by atoms with E-state index in [0.717, 1.165) is 11.3 Å². The molecule has 128 valence electrons. The van der Waals surface area contributed by atoms with Crippen LogP contribution >= 0.6 is 0 Å². The van der Waals surface area contributed by atoms with Crippen molar-refractivity contribution in [1.82, 2.24) is 20.1 Å². The lowest BCUT2D eigenvalue weighted by Crippen LogP contribution is -2.31. The topological polar surface area (TPSA) is 81.1 Å². The van der Waals surface area contributed by atoms with Crippen LogP contribution in [0.2, 0.25) is 0 Å². The zero-order valence-corrected chi connectivity index (χ0v) is 14.0. The van der Waals surface area contributed by atoms with E-state index in [4.69, 9.17) is 4.74 Å². The Morgan fingerprint density at radius 2 is 1.92 bits per heavy atom. The zero-order valence-electron chi connectivity index (χ0n) is 14.0. The minimum absolute atomic E-state index is 0.153. The van der Waals surface area contributed by atoms with Gasteiger partial charge in [0, 0.05) is 0 Å². The number of ether oxygens (including phenoxy) is 1. The van der Waals surface area contributed by atoms with Gasteiger partial charge in [0.1, 0.15) is 18.4 Å². The number of amides is 2. The number of carbonyl (C=O) groups excluding carboxylic acids is 1. The van der Waals surface area contributed by atoms with E-state index in [1.165, 1.54) is 6.33 Å². The second-order valence-corrected chi connectivity index (χ2v) is 5.45. The molecular formula is C18H19N5O2. The molecule has 2 N–H and O–H groups in total. The lowest BCUT2D eigenvalue weighted by atomic mass is 10.1. The summed E-state index contributed by atoms with van der Waals surface area (Å²) in [5.74, 6) is 0.613. The van der Waals surface area contributed by atoms with Gasteiger partial charge in [-0.15, -0.1) is 0 Å². The Kier molecular flexibility index (Phi) is 4.94. The summed E-state index contributed by atoms with van der Waals surface area (Å²) in [7, 11) is 1.57. The van der Waals surface area contributed by atoms with Crippen molar-refractivity contribution in [1.29, 1.82) is 0 Å². The van der Waals surface area contributed by atoms with Gasteiger partial charge >= 0.3 is 6.03 Å². The minimum atomic E-state index is -0.294. The summed E-state index contributed by atoms with van der Waals surface area (Å²) in [6.07, 6.45) is 3.12. The highest BCUT2D eigenvalue weighted by molar-refractivity contribution is 5.91. The molecule has 1 atom stereocenters. The number of urea groups is 1. The summed E-state index contributed by atoms with van der Waals surface area (Å²) < 4.78 is 6.91. The van der Waals surface area contributed by atoms with Gasteiger partial charge in [0.05, 0.1) is 24.5 Å². The summed E-state index contributed by atoms with van der Waals surface area (Å²) >= 11 is 0. The molecule has 1 aromatic heterocycles. The van der Waals surface area contributed by atoms with Gasteiger partial charge in [0.2, 0.25) is 0 Å². The monoisotopic (exact) mass is 337 g/mol. The predicted octanol–water partition coefficient (Wildman–Crippen LogP) is 3.16. The van der Waals surface area contributed by atoms with E-state index in [-0.39, 0.29) is 12.1 Å². The fourth-order valence-corrected chi connectivity index (χ4v) is 2.44. The molecule has 0 saturated heterocycles. The molecule has 0 saturated carbocycles. The zero-order chi connectivity index (χ0) is 17.6. The molecule has 2 aromatic carbocycles. The number of anilines is 1. The second-order valence-electron chi connectivity index (χ2n) is 5.45. The van der Waals surface area contributed by atoms with Crippen LogP contribution in [0.3, 0.4) is 0 Å². The molecule has 0 spiro atoms. The molecule has 0 aliphatic heterocycles. The second kappa shape index (κ2) is 7.48. The van der Waals surface area contributed by atoms with E-state index in [1.54, 1.807) is 30.3 Å². The molecule has 3 rings (SSSR count). The van der Waals surface area contributed by atoms with E-state index >= 15 is 0 Å². The average Bonchev–Trinajstić information content (AvgIpc) is 3.17. The largest absolute Gasteiger partial charge is 0.495 e. The molecule has 2 amide bonds. The third-order valence-corrected chi connectivity index (χ3v) is 3.78. The SMILES string of the molecule is COc1ccccc1NC(=O)N[C@H](C)c1ccc(-n2cncn2)cc1. The van der Waals surface area contributed by atoms with Gasteiger partial charge in [-0.05, 0) is 36.8 Å². The highest BCUT2D eigenvalue weighted by Gasteiger charge is 2.11. The van der Waals surface area contributed by atoms with Crippen LogP contribution in [0.15, 0.2) is 61.2 Å². The number of nitrogens with one attached hydrogen (secondary N) is 2. The van der Waals surface area contributed by atoms with Crippen LogP contribution in [0.4, 0.5) is 10.5 Å². The maximum absolute atomic E-state index is 12.2. The van der Waals surface area contributed by atoms with Crippen molar-refractivity contribution in [3.8, 4) is 11.4 Å². The highest BCUT2D eigenvalue weighted by Crippen LogP contribution is 2.23. The smallest absolute Gasteiger partial charge is 0.319 e. The van der Waals surface area contributed by atoms with Crippen LogP contribution in [-0.2, 0) is 0 Å². The minimum Gasteiger partial charge on any atom is -0.495 e. The van der Waals surface area contributed by atoms with E-state index in [1.807, 2.05) is 43.3 Å². The van der Waals surface area contributed by atoms with E-state index in [0.29, 0.717) is 11.4 Å². The normalized spacial score (nSPS) is 11.6. The maximum Gasteiger partial charge on any atom is 0.319 e. The van der Waals surface area contributed by atoms with Crippen LogP contribution in [0.5, 0.6) is 5.75 Å². The first-order chi connectivity index (χ1) is 12.2. The number of carbonyl (C=O) groups is 1. The standard InChI is InChI=1S/C18H19N5O2/c1-13(14-7-9-15(10-8-14)23-12-19-11-20-23)21-18(24)22-16-5-3-4-6-17(16)25-2/h3-13H,1-2H3,(H2,21,22,24)/t13-/m1/s1.